The number of hydrogen-bond donors (Lipinski definition) is 0. The van der Waals surface area contributed by atoms with Crippen molar-refractivity contribution in [3.63, 3.8) is 0 Å². The van der Waals surface area contributed by atoms with E-state index in [1.807, 2.05) is 31.2 Å². The molecular weight excluding hydrogens is 448 g/mol. The zero-order chi connectivity index (χ0) is 24.4. The Morgan fingerprint density at radius 3 is 2.54 bits per heavy atom. The van der Waals surface area contributed by atoms with E-state index in [1.165, 1.54) is 0 Å². The molecule has 5 rings (SSSR count). The molecule has 35 heavy (non-hydrogen) atoms. The summed E-state index contributed by atoms with van der Waals surface area (Å²) in [6.45, 7) is 8.92. The van der Waals surface area contributed by atoms with Crippen LogP contribution in [0.4, 0.5) is 0 Å². The highest BCUT2D eigenvalue weighted by Crippen LogP contribution is 2.43. The second-order valence-electron chi connectivity index (χ2n) is 9.05. The van der Waals surface area contributed by atoms with Crippen molar-refractivity contribution in [2.24, 2.45) is 0 Å². The minimum atomic E-state index is -0.120. The van der Waals surface area contributed by atoms with Crippen molar-refractivity contribution in [3.05, 3.63) is 52.3 Å². The lowest BCUT2D eigenvalue weighted by atomic mass is 10.00. The van der Waals surface area contributed by atoms with E-state index in [0.29, 0.717) is 35.3 Å². The van der Waals surface area contributed by atoms with Crippen LogP contribution < -0.4 is 18.9 Å². The molecule has 1 fully saturated rings. The summed E-state index contributed by atoms with van der Waals surface area (Å²) in [4.78, 5) is 18.0. The highest BCUT2D eigenvalue weighted by Gasteiger charge is 2.33. The van der Waals surface area contributed by atoms with Crippen molar-refractivity contribution in [1.29, 1.82) is 0 Å². The lowest BCUT2D eigenvalue weighted by Crippen LogP contribution is -2.39. The lowest BCUT2D eigenvalue weighted by Gasteiger charge is -2.31. The van der Waals surface area contributed by atoms with Gasteiger partial charge in [0, 0.05) is 37.3 Å². The number of ether oxygens (including phenoxy) is 5. The molecular formula is C27H32N2O6. The highest BCUT2D eigenvalue weighted by molar-refractivity contribution is 6.15. The number of methoxy groups -OCH3 is 2. The number of hydrogen-bond acceptors (Lipinski definition) is 8. The van der Waals surface area contributed by atoms with Gasteiger partial charge < -0.3 is 23.7 Å². The molecule has 0 N–H and O–H groups in total. The Bertz CT molecular complexity index is 1140. The third-order valence-corrected chi connectivity index (χ3v) is 6.76. The van der Waals surface area contributed by atoms with E-state index >= 15 is 0 Å². The van der Waals surface area contributed by atoms with Crippen LogP contribution in [0.3, 0.4) is 0 Å². The van der Waals surface area contributed by atoms with E-state index in [-0.39, 0.29) is 5.78 Å². The van der Waals surface area contributed by atoms with Gasteiger partial charge in [-0.25, -0.2) is 0 Å². The molecule has 0 unspecified atom stereocenters. The number of carbonyl (C=O) groups is 1. The Kier molecular flexibility index (Phi) is 6.95. The van der Waals surface area contributed by atoms with Crippen molar-refractivity contribution >= 4 is 11.9 Å². The van der Waals surface area contributed by atoms with Gasteiger partial charge in [-0.05, 0) is 49.7 Å². The number of carbonyl (C=O) groups excluding carboxylic acids is 1. The van der Waals surface area contributed by atoms with Crippen LogP contribution in [0.25, 0.3) is 6.08 Å². The van der Waals surface area contributed by atoms with Gasteiger partial charge in [-0.2, -0.15) is 0 Å². The van der Waals surface area contributed by atoms with Crippen LogP contribution in [0, 0.1) is 6.92 Å². The van der Waals surface area contributed by atoms with Gasteiger partial charge >= 0.3 is 0 Å². The molecule has 8 nitrogen and oxygen atoms in total. The predicted molar refractivity (Wildman–Crippen MR) is 131 cm³/mol. The van der Waals surface area contributed by atoms with Crippen molar-refractivity contribution in [1.82, 2.24) is 9.80 Å². The molecule has 0 aliphatic carbocycles. The Morgan fingerprint density at radius 2 is 1.77 bits per heavy atom. The van der Waals surface area contributed by atoms with Crippen LogP contribution in [0.1, 0.15) is 33.5 Å². The molecule has 0 bridgehead atoms. The number of ketones is 1. The van der Waals surface area contributed by atoms with Gasteiger partial charge in [0.15, 0.2) is 17.3 Å². The van der Waals surface area contributed by atoms with Crippen LogP contribution in [0.2, 0.25) is 0 Å². The SMILES string of the molecule is COc1ccc(/C=C2\Oc3c(cc4c(c3C)OCN(CCCN3CCOCC3)C4)C2=O)cc1OC. The summed E-state index contributed by atoms with van der Waals surface area (Å²) in [5, 5.41) is 0. The quantitative estimate of drug-likeness (QED) is 0.558. The lowest BCUT2D eigenvalue weighted by molar-refractivity contribution is 0.0329. The van der Waals surface area contributed by atoms with Gasteiger partial charge in [-0.15, -0.1) is 0 Å². The van der Waals surface area contributed by atoms with Crippen molar-refractivity contribution in [2.45, 2.75) is 19.9 Å². The maximum atomic E-state index is 13.2. The molecule has 0 atom stereocenters. The van der Waals surface area contributed by atoms with Crippen LogP contribution in [-0.4, -0.2) is 75.9 Å². The molecule has 2 aromatic rings. The molecule has 0 amide bonds. The van der Waals surface area contributed by atoms with Gasteiger partial charge in [0.2, 0.25) is 5.78 Å². The average molecular weight is 481 g/mol. The highest BCUT2D eigenvalue weighted by atomic mass is 16.5. The first-order valence-electron chi connectivity index (χ1n) is 12.1. The first-order chi connectivity index (χ1) is 17.1. The second kappa shape index (κ2) is 10.3. The standard InChI is InChI=1S/C27H32N2O6/c1-18-26-20(16-29(17-34-26)8-4-7-28-9-11-33-12-10-28)15-21-25(30)24(35-27(18)21)14-19-5-6-22(31-2)23(13-19)32-3/h5-6,13-15H,4,7-12,16-17H2,1-3H3/b24-14-. The Balaban J connectivity index is 1.30. The van der Waals surface area contributed by atoms with Crippen molar-refractivity contribution in [3.8, 4) is 23.0 Å². The largest absolute Gasteiger partial charge is 0.493 e. The molecule has 0 saturated carbocycles. The van der Waals surface area contributed by atoms with E-state index in [4.69, 9.17) is 23.7 Å². The smallest absolute Gasteiger partial charge is 0.231 e. The average Bonchev–Trinajstić information content (AvgIpc) is 3.19. The maximum Gasteiger partial charge on any atom is 0.231 e. The van der Waals surface area contributed by atoms with Crippen molar-refractivity contribution in [2.75, 3.05) is 60.3 Å². The number of allylic oxidation sites excluding steroid dienone is 1. The fourth-order valence-corrected chi connectivity index (χ4v) is 4.88. The van der Waals surface area contributed by atoms with Crippen LogP contribution in [0.5, 0.6) is 23.0 Å². The fraction of sp³-hybridized carbons (Fsp3) is 0.444. The molecule has 0 spiro atoms. The molecule has 1 saturated heterocycles. The van der Waals surface area contributed by atoms with E-state index in [9.17, 15) is 4.79 Å². The normalized spacial score (nSPS) is 19.2. The molecule has 8 heteroatoms. The van der Waals surface area contributed by atoms with E-state index in [2.05, 4.69) is 9.80 Å². The number of Topliss-reactive ketones (excluding diaryl/α,β-unsaturated/α-hetero) is 1. The zero-order valence-corrected chi connectivity index (χ0v) is 20.6. The number of benzene rings is 2. The summed E-state index contributed by atoms with van der Waals surface area (Å²) in [6, 6.07) is 7.43. The van der Waals surface area contributed by atoms with Crippen LogP contribution in [0.15, 0.2) is 30.0 Å². The number of morpholine rings is 1. The molecule has 0 radical (unpaired) electrons. The summed E-state index contributed by atoms with van der Waals surface area (Å²) < 4.78 is 28.3. The number of rotatable bonds is 7. The van der Waals surface area contributed by atoms with Gasteiger partial charge in [-0.3, -0.25) is 14.6 Å². The Morgan fingerprint density at radius 1 is 1.00 bits per heavy atom. The van der Waals surface area contributed by atoms with Gasteiger partial charge in [0.1, 0.15) is 18.2 Å². The molecule has 3 aliphatic rings. The molecule has 2 aromatic carbocycles. The summed E-state index contributed by atoms with van der Waals surface area (Å²) >= 11 is 0. The van der Waals surface area contributed by atoms with Gasteiger partial charge in [0.25, 0.3) is 0 Å². The van der Waals surface area contributed by atoms with Crippen LogP contribution in [-0.2, 0) is 11.3 Å². The van der Waals surface area contributed by atoms with Gasteiger partial charge in [0.05, 0.1) is 33.0 Å². The van der Waals surface area contributed by atoms with E-state index in [1.54, 1.807) is 20.3 Å². The minimum Gasteiger partial charge on any atom is -0.493 e. The third kappa shape index (κ3) is 4.87. The molecule has 3 aliphatic heterocycles. The summed E-state index contributed by atoms with van der Waals surface area (Å²) in [5.74, 6) is 2.81. The monoisotopic (exact) mass is 480 g/mol. The topological polar surface area (TPSA) is 69.7 Å². The maximum absolute atomic E-state index is 13.2. The van der Waals surface area contributed by atoms with E-state index in [0.717, 1.165) is 74.8 Å². The molecule has 186 valence electrons. The Hall–Kier alpha value is -3.07. The summed E-state index contributed by atoms with van der Waals surface area (Å²) in [5.41, 5.74) is 3.29. The fourth-order valence-electron chi connectivity index (χ4n) is 4.88. The summed E-state index contributed by atoms with van der Waals surface area (Å²) in [6.07, 6.45) is 2.81. The molecule has 0 aromatic heterocycles. The predicted octanol–water partition coefficient (Wildman–Crippen LogP) is 3.50. The number of fused-ring (bicyclic) bond motifs is 2. The van der Waals surface area contributed by atoms with Crippen LogP contribution >= 0.6 is 0 Å². The Labute approximate surface area is 206 Å². The second-order valence-corrected chi connectivity index (χ2v) is 9.05. The minimum absolute atomic E-state index is 0.120. The van der Waals surface area contributed by atoms with Crippen molar-refractivity contribution < 1.29 is 28.5 Å². The third-order valence-electron chi connectivity index (χ3n) is 6.76. The number of nitrogens with zero attached hydrogens (tertiary/aromatic N) is 2. The summed E-state index contributed by atoms with van der Waals surface area (Å²) in [7, 11) is 3.18. The molecule has 3 heterocycles. The zero-order valence-electron chi connectivity index (χ0n) is 20.6. The van der Waals surface area contributed by atoms with Gasteiger partial charge in [-0.1, -0.05) is 6.07 Å². The first-order valence-corrected chi connectivity index (χ1v) is 12.1. The van der Waals surface area contributed by atoms with E-state index < -0.39 is 0 Å². The first kappa shape index (κ1) is 23.7.